The zero-order valence-corrected chi connectivity index (χ0v) is 13.9. The fraction of sp³-hybridized carbons (Fsp3) is 0.750. The van der Waals surface area contributed by atoms with Crippen LogP contribution in [0.25, 0.3) is 0 Å². The Hall–Kier alpha value is -2.12. The maximum Gasteiger partial charge on any atom is 0.314 e. The number of likely N-dealkylation sites (tertiary alicyclic amines) is 1. The molecule has 2 heterocycles. The number of primary amides is 1. The third kappa shape index (κ3) is 4.04. The number of hydrogen-bond acceptors (Lipinski definition) is 5. The normalized spacial score (nSPS) is 21.8. The summed E-state index contributed by atoms with van der Waals surface area (Å²) < 4.78 is 5.33. The van der Waals surface area contributed by atoms with E-state index in [1.54, 1.807) is 0 Å². The van der Waals surface area contributed by atoms with Gasteiger partial charge in [0.15, 0.2) is 5.82 Å². The average molecular weight is 335 g/mol. The summed E-state index contributed by atoms with van der Waals surface area (Å²) in [5, 5.41) is 6.90. The smallest absolute Gasteiger partial charge is 0.314 e. The molecule has 3 N–H and O–H groups in total. The van der Waals surface area contributed by atoms with Crippen molar-refractivity contribution < 1.29 is 14.1 Å². The first-order valence-corrected chi connectivity index (χ1v) is 8.78. The summed E-state index contributed by atoms with van der Waals surface area (Å²) in [4.78, 5) is 29.4. The Morgan fingerprint density at radius 3 is 2.79 bits per heavy atom. The third-order valence-corrected chi connectivity index (χ3v) is 4.94. The number of carbonyl (C=O) groups is 2. The fourth-order valence-corrected chi connectivity index (χ4v) is 3.54. The second-order valence-electron chi connectivity index (χ2n) is 6.69. The van der Waals surface area contributed by atoms with Crippen molar-refractivity contribution in [2.24, 2.45) is 11.7 Å². The number of nitrogens with two attached hydrogens (primary N) is 1. The molecule has 1 saturated carbocycles. The number of rotatable bonds is 5. The van der Waals surface area contributed by atoms with Crippen molar-refractivity contribution in [1.82, 2.24) is 20.4 Å². The number of piperidine rings is 1. The summed E-state index contributed by atoms with van der Waals surface area (Å²) in [6.45, 7) is 1.50. The van der Waals surface area contributed by atoms with Crippen molar-refractivity contribution in [2.75, 3.05) is 19.6 Å². The van der Waals surface area contributed by atoms with E-state index in [0.29, 0.717) is 37.8 Å². The molecule has 1 aliphatic carbocycles. The average Bonchev–Trinajstić information content (AvgIpc) is 3.26. The molecular formula is C16H25N5O3. The lowest BCUT2D eigenvalue weighted by Gasteiger charge is -2.30. The van der Waals surface area contributed by atoms with Crippen LogP contribution in [-0.4, -0.2) is 46.6 Å². The molecule has 0 spiro atoms. The van der Waals surface area contributed by atoms with Crippen LogP contribution in [0.4, 0.5) is 4.79 Å². The number of urea groups is 1. The number of nitrogens with one attached hydrogen (secondary N) is 1. The van der Waals surface area contributed by atoms with Gasteiger partial charge in [-0.1, -0.05) is 18.0 Å². The molecule has 0 radical (unpaired) electrons. The first-order chi connectivity index (χ1) is 11.6. The van der Waals surface area contributed by atoms with Crippen LogP contribution in [0.5, 0.6) is 0 Å². The molecule has 132 valence electrons. The van der Waals surface area contributed by atoms with Gasteiger partial charge in [0.1, 0.15) is 0 Å². The van der Waals surface area contributed by atoms with Gasteiger partial charge in [-0.3, -0.25) is 4.79 Å². The van der Waals surface area contributed by atoms with Crippen LogP contribution in [-0.2, 0) is 11.2 Å². The standard InChI is InChI=1S/C16H25N5O3/c17-16(23)21-9-3-6-12(10-21)14(22)18-8-7-13-19-15(24-20-13)11-4-1-2-5-11/h11-12H,1-10H2,(H2,17,23)(H,18,22)/t12-/m0/s1. The van der Waals surface area contributed by atoms with Crippen LogP contribution in [0.1, 0.15) is 56.2 Å². The summed E-state index contributed by atoms with van der Waals surface area (Å²) in [5.74, 6) is 1.55. The Morgan fingerprint density at radius 2 is 2.04 bits per heavy atom. The molecule has 1 aliphatic heterocycles. The summed E-state index contributed by atoms with van der Waals surface area (Å²) in [6, 6.07) is -0.460. The molecule has 8 nitrogen and oxygen atoms in total. The molecule has 3 rings (SSSR count). The summed E-state index contributed by atoms with van der Waals surface area (Å²) >= 11 is 0. The quantitative estimate of drug-likeness (QED) is 0.838. The van der Waals surface area contributed by atoms with E-state index in [1.165, 1.54) is 17.7 Å². The van der Waals surface area contributed by atoms with Crippen molar-refractivity contribution in [1.29, 1.82) is 0 Å². The van der Waals surface area contributed by atoms with Gasteiger partial charge in [0.2, 0.25) is 11.8 Å². The predicted molar refractivity (Wildman–Crippen MR) is 86.1 cm³/mol. The lowest BCUT2D eigenvalue weighted by Crippen LogP contribution is -2.47. The van der Waals surface area contributed by atoms with Gasteiger partial charge in [0, 0.05) is 32.0 Å². The first kappa shape index (κ1) is 16.7. The highest BCUT2D eigenvalue weighted by Crippen LogP contribution is 2.32. The highest BCUT2D eigenvalue weighted by Gasteiger charge is 2.27. The van der Waals surface area contributed by atoms with E-state index in [1.807, 2.05) is 0 Å². The topological polar surface area (TPSA) is 114 Å². The predicted octanol–water partition coefficient (Wildman–Crippen LogP) is 1.18. The van der Waals surface area contributed by atoms with Gasteiger partial charge in [0.25, 0.3) is 0 Å². The maximum atomic E-state index is 12.2. The van der Waals surface area contributed by atoms with Gasteiger partial charge in [-0.25, -0.2) is 4.79 Å². The monoisotopic (exact) mass is 335 g/mol. The van der Waals surface area contributed by atoms with E-state index >= 15 is 0 Å². The second kappa shape index (κ2) is 7.63. The lowest BCUT2D eigenvalue weighted by atomic mass is 9.97. The summed E-state index contributed by atoms with van der Waals surface area (Å²) in [5.41, 5.74) is 5.29. The van der Waals surface area contributed by atoms with E-state index in [9.17, 15) is 9.59 Å². The van der Waals surface area contributed by atoms with E-state index in [0.717, 1.165) is 31.6 Å². The Bertz CT molecular complexity index is 582. The molecule has 8 heteroatoms. The molecule has 1 atom stereocenters. The Labute approximate surface area is 141 Å². The van der Waals surface area contributed by atoms with E-state index in [-0.39, 0.29) is 11.8 Å². The molecule has 1 aromatic rings. The highest BCUT2D eigenvalue weighted by molar-refractivity contribution is 5.80. The number of aromatic nitrogens is 2. The molecule has 3 amide bonds. The molecule has 1 aromatic heterocycles. The van der Waals surface area contributed by atoms with E-state index in [2.05, 4.69) is 15.5 Å². The second-order valence-corrected chi connectivity index (χ2v) is 6.69. The minimum absolute atomic E-state index is 0.0412. The molecule has 0 unspecified atom stereocenters. The van der Waals surface area contributed by atoms with Gasteiger partial charge >= 0.3 is 6.03 Å². The van der Waals surface area contributed by atoms with Crippen LogP contribution in [0.15, 0.2) is 4.52 Å². The first-order valence-electron chi connectivity index (χ1n) is 8.78. The SMILES string of the molecule is NC(=O)N1CCC[C@H](C(=O)NCCc2noc(C3CCCC3)n2)C1. The van der Waals surface area contributed by atoms with Gasteiger partial charge < -0.3 is 20.5 Å². The molecule has 2 aliphatic rings. The van der Waals surface area contributed by atoms with E-state index in [4.69, 9.17) is 10.3 Å². The highest BCUT2D eigenvalue weighted by atomic mass is 16.5. The zero-order chi connectivity index (χ0) is 16.9. The minimum atomic E-state index is -0.460. The number of carbonyl (C=O) groups excluding carboxylic acids is 2. The van der Waals surface area contributed by atoms with Crippen molar-refractivity contribution in [3.63, 3.8) is 0 Å². The molecule has 0 aromatic carbocycles. The van der Waals surface area contributed by atoms with Gasteiger partial charge in [-0.05, 0) is 25.7 Å². The summed E-state index contributed by atoms with van der Waals surface area (Å²) in [7, 11) is 0. The lowest BCUT2D eigenvalue weighted by molar-refractivity contribution is -0.126. The molecule has 1 saturated heterocycles. The van der Waals surface area contributed by atoms with Crippen LogP contribution in [0.3, 0.4) is 0 Å². The van der Waals surface area contributed by atoms with Crippen LogP contribution in [0, 0.1) is 5.92 Å². The van der Waals surface area contributed by atoms with Gasteiger partial charge in [-0.2, -0.15) is 4.98 Å². The van der Waals surface area contributed by atoms with Crippen LogP contribution < -0.4 is 11.1 Å². The molecule has 2 fully saturated rings. The minimum Gasteiger partial charge on any atom is -0.355 e. The number of amides is 3. The Morgan fingerprint density at radius 1 is 1.25 bits per heavy atom. The van der Waals surface area contributed by atoms with Crippen molar-refractivity contribution >= 4 is 11.9 Å². The number of nitrogens with zero attached hydrogens (tertiary/aromatic N) is 3. The zero-order valence-electron chi connectivity index (χ0n) is 13.9. The van der Waals surface area contributed by atoms with Gasteiger partial charge in [-0.15, -0.1) is 0 Å². The van der Waals surface area contributed by atoms with Crippen LogP contribution in [0.2, 0.25) is 0 Å². The van der Waals surface area contributed by atoms with Crippen molar-refractivity contribution in [3.05, 3.63) is 11.7 Å². The van der Waals surface area contributed by atoms with Crippen LogP contribution >= 0.6 is 0 Å². The third-order valence-electron chi connectivity index (χ3n) is 4.94. The molecule has 0 bridgehead atoms. The van der Waals surface area contributed by atoms with Crippen molar-refractivity contribution in [3.8, 4) is 0 Å². The molecular weight excluding hydrogens is 310 g/mol. The van der Waals surface area contributed by atoms with Crippen molar-refractivity contribution in [2.45, 2.75) is 50.9 Å². The Kier molecular flexibility index (Phi) is 5.32. The maximum absolute atomic E-state index is 12.2. The largest absolute Gasteiger partial charge is 0.355 e. The van der Waals surface area contributed by atoms with Gasteiger partial charge in [0.05, 0.1) is 5.92 Å². The fourth-order valence-electron chi connectivity index (χ4n) is 3.54. The Balaban J connectivity index is 1.42. The molecule has 24 heavy (non-hydrogen) atoms. The van der Waals surface area contributed by atoms with E-state index < -0.39 is 6.03 Å². The number of hydrogen-bond donors (Lipinski definition) is 2. The summed E-state index contributed by atoms with van der Waals surface area (Å²) in [6.07, 6.45) is 6.82.